The molecule has 7 heteroatoms. The molecule has 0 unspecified atom stereocenters. The minimum absolute atomic E-state index is 0. The van der Waals surface area contributed by atoms with E-state index in [1.54, 1.807) is 11.8 Å². The summed E-state index contributed by atoms with van der Waals surface area (Å²) in [6, 6.07) is -0.285. The molecule has 1 N–H and O–H groups in total. The molecule has 1 heterocycles. The number of rotatable bonds is 2. The smallest absolute Gasteiger partial charge is 0.735 e. The molecule has 1 saturated heterocycles. The summed E-state index contributed by atoms with van der Waals surface area (Å²) in [5.41, 5.74) is 0. The van der Waals surface area contributed by atoms with Crippen molar-refractivity contribution in [3.63, 3.8) is 0 Å². The van der Waals surface area contributed by atoms with Gasteiger partial charge in [0.15, 0.2) is 10.3 Å². The van der Waals surface area contributed by atoms with Crippen LogP contribution in [0.5, 0.6) is 0 Å². The van der Waals surface area contributed by atoms with E-state index in [1.165, 1.54) is 0 Å². The molecule has 1 aliphatic heterocycles. The fourth-order valence-corrected chi connectivity index (χ4v) is 5.14. The second-order valence-corrected chi connectivity index (χ2v) is 7.77. The molecular formula is C7H14NNaO3S2. The van der Waals surface area contributed by atoms with Crippen molar-refractivity contribution in [2.75, 3.05) is 0 Å². The quantitative estimate of drug-likeness (QED) is 0.441. The van der Waals surface area contributed by atoms with Gasteiger partial charge in [0.1, 0.15) is 0 Å². The van der Waals surface area contributed by atoms with Gasteiger partial charge in [-0.15, -0.1) is 11.8 Å². The van der Waals surface area contributed by atoms with Gasteiger partial charge in [-0.05, 0) is 27.7 Å². The molecule has 0 radical (unpaired) electrons. The van der Waals surface area contributed by atoms with Crippen LogP contribution in [-0.4, -0.2) is 28.5 Å². The van der Waals surface area contributed by atoms with Crippen molar-refractivity contribution >= 4 is 22.1 Å². The van der Waals surface area contributed by atoms with E-state index in [0.29, 0.717) is 0 Å². The number of nitrogens with one attached hydrogen (secondary N) is 1. The molecule has 0 spiro atoms. The third-order valence-corrected chi connectivity index (χ3v) is 4.23. The van der Waals surface area contributed by atoms with Crippen LogP contribution in [0.1, 0.15) is 27.7 Å². The summed E-state index contributed by atoms with van der Waals surface area (Å²) < 4.78 is 33.3. The van der Waals surface area contributed by atoms with E-state index in [4.69, 9.17) is 0 Å². The molecule has 4 nitrogen and oxygen atoms in total. The molecule has 0 aliphatic carbocycles. The molecule has 0 aromatic carbocycles. The van der Waals surface area contributed by atoms with Crippen LogP contribution in [-0.2, 0) is 10.3 Å². The second kappa shape index (κ2) is 4.24. The summed E-state index contributed by atoms with van der Waals surface area (Å²) in [7, 11) is -4.34. The molecule has 0 aromatic heterocycles. The Balaban J connectivity index is 0.00000169. The average molecular weight is 247 g/mol. The van der Waals surface area contributed by atoms with E-state index >= 15 is 0 Å². The molecule has 78 valence electrons. The maximum absolute atomic E-state index is 10.5. The maximum atomic E-state index is 10.5. The predicted molar refractivity (Wildman–Crippen MR) is 52.4 cm³/mol. The topological polar surface area (TPSA) is 69.2 Å². The Labute approximate surface area is 112 Å². The molecule has 1 rings (SSSR count). The Hall–Kier alpha value is 1.22. The first-order valence-electron chi connectivity index (χ1n) is 3.98. The fraction of sp³-hybridized carbons (Fsp3) is 1.00. The van der Waals surface area contributed by atoms with Crippen LogP contribution in [0.2, 0.25) is 0 Å². The van der Waals surface area contributed by atoms with Crippen LogP contribution in [0, 0.1) is 0 Å². The second-order valence-electron chi connectivity index (χ2n) is 4.31. The normalized spacial score (nSPS) is 24.9. The summed E-state index contributed by atoms with van der Waals surface area (Å²) in [4.78, 5) is 0. The first-order chi connectivity index (χ1) is 5.55. The monoisotopic (exact) mass is 247 g/mol. The van der Waals surface area contributed by atoms with Crippen LogP contribution in [0.4, 0.5) is 0 Å². The van der Waals surface area contributed by atoms with Crippen LogP contribution < -0.4 is 34.3 Å². The van der Waals surface area contributed by atoms with Gasteiger partial charge in [-0.1, -0.05) is 0 Å². The zero-order chi connectivity index (χ0) is 10.5. The molecule has 0 aromatic rings. The van der Waals surface area contributed by atoms with Crippen LogP contribution >= 0.6 is 11.8 Å². The SMILES string of the molecule is CC1(C)SC(C)(C)C1NS(=O)(=O)[O-].[Na+]. The Bertz CT molecular complexity index is 299. The van der Waals surface area contributed by atoms with Gasteiger partial charge >= 0.3 is 29.6 Å². The summed E-state index contributed by atoms with van der Waals surface area (Å²) in [6.07, 6.45) is 0. The molecule has 1 aliphatic rings. The molecule has 14 heavy (non-hydrogen) atoms. The van der Waals surface area contributed by atoms with Gasteiger partial charge in [-0.3, -0.25) is 0 Å². The van der Waals surface area contributed by atoms with E-state index in [2.05, 4.69) is 4.72 Å². The fourth-order valence-electron chi connectivity index (χ4n) is 2.00. The van der Waals surface area contributed by atoms with E-state index in [0.717, 1.165) is 0 Å². The van der Waals surface area contributed by atoms with E-state index in [-0.39, 0.29) is 45.1 Å². The average Bonchev–Trinajstić information content (AvgIpc) is 1.78. The number of thioether (sulfide) groups is 1. The zero-order valence-corrected chi connectivity index (χ0v) is 12.8. The van der Waals surface area contributed by atoms with Crippen molar-refractivity contribution in [3.05, 3.63) is 0 Å². The van der Waals surface area contributed by atoms with Gasteiger partial charge in [0, 0.05) is 15.5 Å². The van der Waals surface area contributed by atoms with Crippen molar-refractivity contribution < 1.29 is 42.5 Å². The molecule has 1 fully saturated rings. The number of hydrogen-bond acceptors (Lipinski definition) is 4. The van der Waals surface area contributed by atoms with Gasteiger partial charge in [0.05, 0.1) is 0 Å². The van der Waals surface area contributed by atoms with Gasteiger partial charge in [0.25, 0.3) is 0 Å². The molecule has 0 atom stereocenters. The Morgan fingerprint density at radius 1 is 1.21 bits per heavy atom. The largest absolute Gasteiger partial charge is 1.00 e. The van der Waals surface area contributed by atoms with E-state index < -0.39 is 10.3 Å². The van der Waals surface area contributed by atoms with Gasteiger partial charge in [-0.2, -0.15) is 0 Å². The molecule has 0 saturated carbocycles. The molecule has 0 amide bonds. The third-order valence-electron chi connectivity index (χ3n) is 2.18. The predicted octanol–water partition coefficient (Wildman–Crippen LogP) is -2.29. The Morgan fingerprint density at radius 3 is 1.71 bits per heavy atom. The van der Waals surface area contributed by atoms with E-state index in [1.807, 2.05) is 27.7 Å². The maximum Gasteiger partial charge on any atom is 1.00 e. The first-order valence-corrected chi connectivity index (χ1v) is 6.20. The Kier molecular flexibility index (Phi) is 4.61. The van der Waals surface area contributed by atoms with Crippen LogP contribution in [0.3, 0.4) is 0 Å². The third kappa shape index (κ3) is 3.37. The summed E-state index contributed by atoms with van der Waals surface area (Å²) in [5, 5.41) is 0. The summed E-state index contributed by atoms with van der Waals surface area (Å²) in [6.45, 7) is 7.69. The van der Waals surface area contributed by atoms with Crippen molar-refractivity contribution in [1.82, 2.24) is 4.72 Å². The van der Waals surface area contributed by atoms with Crippen molar-refractivity contribution in [2.24, 2.45) is 0 Å². The summed E-state index contributed by atoms with van der Waals surface area (Å²) >= 11 is 1.67. The molecule has 0 bridgehead atoms. The van der Waals surface area contributed by atoms with Gasteiger partial charge in [-0.25, -0.2) is 13.1 Å². The van der Waals surface area contributed by atoms with Crippen LogP contribution in [0.15, 0.2) is 0 Å². The Morgan fingerprint density at radius 2 is 1.57 bits per heavy atom. The van der Waals surface area contributed by atoms with Crippen molar-refractivity contribution in [2.45, 2.75) is 43.2 Å². The minimum atomic E-state index is -4.34. The summed E-state index contributed by atoms with van der Waals surface area (Å²) in [5.74, 6) is 0. The van der Waals surface area contributed by atoms with Gasteiger partial charge in [0.2, 0.25) is 0 Å². The number of hydrogen-bond donors (Lipinski definition) is 1. The zero-order valence-electron chi connectivity index (χ0n) is 9.12. The molecular weight excluding hydrogens is 233 g/mol. The van der Waals surface area contributed by atoms with Crippen LogP contribution in [0.25, 0.3) is 0 Å². The first kappa shape index (κ1) is 15.2. The van der Waals surface area contributed by atoms with Crippen molar-refractivity contribution in [3.8, 4) is 0 Å². The van der Waals surface area contributed by atoms with Crippen molar-refractivity contribution in [1.29, 1.82) is 0 Å². The van der Waals surface area contributed by atoms with E-state index in [9.17, 15) is 13.0 Å². The standard InChI is InChI=1S/C7H15NO3S2.Na/c1-6(2)5(7(3,4)12-6)8-13(9,10)11;/h5,8H,1-4H3,(H,9,10,11);/q;+1/p-1. The van der Waals surface area contributed by atoms with Gasteiger partial charge < -0.3 is 4.55 Å². The minimum Gasteiger partial charge on any atom is -0.735 e.